The Hall–Kier alpha value is -0.910. The highest BCUT2D eigenvalue weighted by molar-refractivity contribution is 7.18. The molecule has 2 aromatic rings. The Balaban J connectivity index is 2.59. The molecule has 0 saturated carbocycles. The van der Waals surface area contributed by atoms with Crippen molar-refractivity contribution in [2.24, 2.45) is 0 Å². The van der Waals surface area contributed by atoms with Gasteiger partial charge in [0.1, 0.15) is 10.6 Å². The van der Waals surface area contributed by atoms with E-state index in [1.165, 1.54) is 4.88 Å². The first-order chi connectivity index (χ1) is 9.06. The lowest BCUT2D eigenvalue weighted by atomic mass is 10.2. The molecule has 0 aromatic carbocycles. The van der Waals surface area contributed by atoms with E-state index in [-0.39, 0.29) is 17.9 Å². The largest absolute Gasteiger partial charge is 0.395 e. The van der Waals surface area contributed by atoms with E-state index in [2.05, 4.69) is 41.7 Å². The SMILES string of the molecule is CCc1cc2c(N(CCO)C(C)C)nc(Cl)nc2s1. The number of aliphatic hydroxyl groups is 1. The zero-order valence-electron chi connectivity index (χ0n) is 11.4. The maximum absolute atomic E-state index is 9.22. The molecule has 0 saturated heterocycles. The summed E-state index contributed by atoms with van der Waals surface area (Å²) in [7, 11) is 0. The molecular formula is C13H18ClN3OS. The molecular weight excluding hydrogens is 282 g/mol. The minimum absolute atomic E-state index is 0.0894. The van der Waals surface area contributed by atoms with Crippen LogP contribution in [0.1, 0.15) is 25.6 Å². The van der Waals surface area contributed by atoms with E-state index in [0.29, 0.717) is 6.54 Å². The normalized spacial score (nSPS) is 11.5. The summed E-state index contributed by atoms with van der Waals surface area (Å²) >= 11 is 7.67. The predicted molar refractivity (Wildman–Crippen MR) is 81.4 cm³/mol. The number of fused-ring (bicyclic) bond motifs is 1. The molecule has 2 heterocycles. The molecule has 2 rings (SSSR count). The van der Waals surface area contributed by atoms with Gasteiger partial charge in [-0.05, 0) is 37.9 Å². The number of nitrogens with zero attached hydrogens (tertiary/aromatic N) is 3. The van der Waals surface area contributed by atoms with Crippen LogP contribution in [0.3, 0.4) is 0 Å². The number of hydrogen-bond acceptors (Lipinski definition) is 5. The van der Waals surface area contributed by atoms with Crippen LogP contribution >= 0.6 is 22.9 Å². The van der Waals surface area contributed by atoms with E-state index in [0.717, 1.165) is 22.5 Å². The highest BCUT2D eigenvalue weighted by Gasteiger charge is 2.18. The van der Waals surface area contributed by atoms with Crippen LogP contribution in [-0.4, -0.2) is 34.3 Å². The van der Waals surface area contributed by atoms with Crippen molar-refractivity contribution in [3.63, 3.8) is 0 Å². The molecule has 0 spiro atoms. The molecule has 0 fully saturated rings. The number of thiophene rings is 1. The second kappa shape index (κ2) is 6.03. The van der Waals surface area contributed by atoms with Gasteiger partial charge in [0.2, 0.25) is 5.28 Å². The third-order valence-corrected chi connectivity index (χ3v) is 4.32. The van der Waals surface area contributed by atoms with Crippen LogP contribution in [0.15, 0.2) is 6.07 Å². The van der Waals surface area contributed by atoms with E-state index < -0.39 is 0 Å². The van der Waals surface area contributed by atoms with Crippen LogP contribution in [0, 0.1) is 0 Å². The predicted octanol–water partition coefficient (Wildman–Crippen LogP) is 3.11. The number of halogens is 1. The van der Waals surface area contributed by atoms with Crippen molar-refractivity contribution in [1.29, 1.82) is 0 Å². The van der Waals surface area contributed by atoms with Gasteiger partial charge in [-0.25, -0.2) is 4.98 Å². The lowest BCUT2D eigenvalue weighted by Gasteiger charge is -2.27. The van der Waals surface area contributed by atoms with Crippen LogP contribution in [0.4, 0.5) is 5.82 Å². The summed E-state index contributed by atoms with van der Waals surface area (Å²) in [6, 6.07) is 2.37. The summed E-state index contributed by atoms with van der Waals surface area (Å²) in [4.78, 5) is 12.9. The standard InChI is InChI=1S/C13H18ClN3OS/c1-4-9-7-10-11(17(5-6-18)8(2)3)15-13(14)16-12(10)19-9/h7-8,18H,4-6H2,1-3H3. The van der Waals surface area contributed by atoms with E-state index in [4.69, 9.17) is 11.6 Å². The first kappa shape index (κ1) is 14.5. The molecule has 6 heteroatoms. The van der Waals surface area contributed by atoms with Crippen molar-refractivity contribution in [3.05, 3.63) is 16.2 Å². The number of aryl methyl sites for hydroxylation is 1. The zero-order valence-corrected chi connectivity index (χ0v) is 12.9. The monoisotopic (exact) mass is 299 g/mol. The molecule has 104 valence electrons. The molecule has 1 N–H and O–H groups in total. The van der Waals surface area contributed by atoms with Gasteiger partial charge in [0, 0.05) is 17.5 Å². The maximum atomic E-state index is 9.22. The fourth-order valence-corrected chi connectivity index (χ4v) is 3.22. The smallest absolute Gasteiger partial charge is 0.225 e. The van der Waals surface area contributed by atoms with Crippen molar-refractivity contribution < 1.29 is 5.11 Å². The number of aromatic nitrogens is 2. The van der Waals surface area contributed by atoms with E-state index in [1.54, 1.807) is 11.3 Å². The second-order valence-corrected chi connectivity index (χ2v) is 6.07. The van der Waals surface area contributed by atoms with Gasteiger partial charge in [0.25, 0.3) is 0 Å². The Morgan fingerprint density at radius 3 is 2.74 bits per heavy atom. The summed E-state index contributed by atoms with van der Waals surface area (Å²) in [6.07, 6.45) is 0.972. The van der Waals surface area contributed by atoms with Crippen LogP contribution < -0.4 is 4.90 Å². The highest BCUT2D eigenvalue weighted by atomic mass is 35.5. The summed E-state index contributed by atoms with van der Waals surface area (Å²) in [6.45, 7) is 6.89. The molecule has 4 nitrogen and oxygen atoms in total. The Kier molecular flexibility index (Phi) is 4.60. The van der Waals surface area contributed by atoms with Crippen molar-refractivity contribution in [2.75, 3.05) is 18.1 Å². The first-order valence-electron chi connectivity index (χ1n) is 6.40. The highest BCUT2D eigenvalue weighted by Crippen LogP contribution is 2.32. The average Bonchev–Trinajstić information content (AvgIpc) is 2.77. The molecule has 19 heavy (non-hydrogen) atoms. The van der Waals surface area contributed by atoms with E-state index in [9.17, 15) is 5.11 Å². The molecule has 0 amide bonds. The first-order valence-corrected chi connectivity index (χ1v) is 7.59. The van der Waals surface area contributed by atoms with Gasteiger partial charge in [0.15, 0.2) is 0 Å². The van der Waals surface area contributed by atoms with E-state index >= 15 is 0 Å². The number of anilines is 1. The van der Waals surface area contributed by atoms with E-state index in [1.807, 2.05) is 0 Å². The fraction of sp³-hybridized carbons (Fsp3) is 0.538. The van der Waals surface area contributed by atoms with Crippen LogP contribution in [0.25, 0.3) is 10.2 Å². The van der Waals surface area contributed by atoms with Gasteiger partial charge < -0.3 is 10.0 Å². The number of hydrogen-bond donors (Lipinski definition) is 1. The van der Waals surface area contributed by atoms with Crippen molar-refractivity contribution in [2.45, 2.75) is 33.2 Å². The van der Waals surface area contributed by atoms with Gasteiger partial charge in [-0.3, -0.25) is 0 Å². The Bertz CT molecular complexity index is 570. The molecule has 0 atom stereocenters. The zero-order chi connectivity index (χ0) is 14.0. The molecule has 0 aliphatic heterocycles. The Morgan fingerprint density at radius 1 is 1.42 bits per heavy atom. The van der Waals surface area contributed by atoms with Gasteiger partial charge in [-0.2, -0.15) is 4.98 Å². The molecule has 0 aliphatic rings. The van der Waals surface area contributed by atoms with Gasteiger partial charge in [-0.15, -0.1) is 11.3 Å². The summed E-state index contributed by atoms with van der Waals surface area (Å²) in [5, 5.41) is 10.5. The van der Waals surface area contributed by atoms with Gasteiger partial charge in [-0.1, -0.05) is 6.92 Å². The van der Waals surface area contributed by atoms with Crippen LogP contribution in [0.2, 0.25) is 5.28 Å². The Morgan fingerprint density at radius 2 is 2.16 bits per heavy atom. The maximum Gasteiger partial charge on any atom is 0.225 e. The van der Waals surface area contributed by atoms with Crippen LogP contribution in [-0.2, 0) is 6.42 Å². The fourth-order valence-electron chi connectivity index (χ4n) is 2.04. The number of aliphatic hydroxyl groups excluding tert-OH is 1. The summed E-state index contributed by atoms with van der Waals surface area (Å²) in [5.41, 5.74) is 0. The molecule has 0 unspecified atom stereocenters. The molecule has 0 radical (unpaired) electrons. The number of rotatable bonds is 5. The van der Waals surface area contributed by atoms with Crippen molar-refractivity contribution in [3.8, 4) is 0 Å². The van der Waals surface area contributed by atoms with Crippen LogP contribution in [0.5, 0.6) is 0 Å². The van der Waals surface area contributed by atoms with Gasteiger partial charge >= 0.3 is 0 Å². The molecule has 0 aliphatic carbocycles. The quantitative estimate of drug-likeness (QED) is 0.862. The lowest BCUT2D eigenvalue weighted by molar-refractivity contribution is 0.299. The average molecular weight is 300 g/mol. The Labute approximate surface area is 122 Å². The summed E-state index contributed by atoms with van der Waals surface area (Å²) in [5.74, 6) is 0.815. The molecule has 2 aromatic heterocycles. The minimum atomic E-state index is 0.0894. The third kappa shape index (κ3) is 2.99. The summed E-state index contributed by atoms with van der Waals surface area (Å²) < 4.78 is 0. The van der Waals surface area contributed by atoms with Crippen molar-refractivity contribution >= 4 is 39.0 Å². The minimum Gasteiger partial charge on any atom is -0.395 e. The molecule has 0 bridgehead atoms. The second-order valence-electron chi connectivity index (χ2n) is 4.61. The third-order valence-electron chi connectivity index (χ3n) is 2.98. The van der Waals surface area contributed by atoms with Gasteiger partial charge in [0.05, 0.1) is 12.0 Å². The lowest BCUT2D eigenvalue weighted by Crippen LogP contribution is -2.34. The topological polar surface area (TPSA) is 49.2 Å². The van der Waals surface area contributed by atoms with Crippen molar-refractivity contribution in [1.82, 2.24) is 9.97 Å².